The molecule has 1 unspecified atom stereocenters. The maximum absolute atomic E-state index is 11.0. The van der Waals surface area contributed by atoms with E-state index in [0.29, 0.717) is 12.3 Å². The number of nitrogens with one attached hydrogen (secondary N) is 1. The summed E-state index contributed by atoms with van der Waals surface area (Å²) in [5, 5.41) is 24.1. The molecule has 0 fully saturated rings. The van der Waals surface area contributed by atoms with Gasteiger partial charge in [-0.3, -0.25) is 4.79 Å². The predicted molar refractivity (Wildman–Crippen MR) is 83.7 cm³/mol. The molecule has 21 heavy (non-hydrogen) atoms. The molecular weight excluding hydrogens is 286 g/mol. The third-order valence-corrected chi connectivity index (χ3v) is 4.35. The summed E-state index contributed by atoms with van der Waals surface area (Å²) >= 11 is 1.55. The van der Waals surface area contributed by atoms with E-state index in [1.165, 1.54) is 0 Å². The van der Waals surface area contributed by atoms with E-state index in [4.69, 9.17) is 5.11 Å². The van der Waals surface area contributed by atoms with Gasteiger partial charge in [0.05, 0.1) is 12.5 Å². The number of thiophene rings is 1. The number of carbonyl (C=O) groups is 1. The van der Waals surface area contributed by atoms with Crippen molar-refractivity contribution >= 4 is 17.3 Å². The van der Waals surface area contributed by atoms with Crippen molar-refractivity contribution in [2.45, 2.75) is 32.9 Å². The van der Waals surface area contributed by atoms with E-state index < -0.39 is 5.97 Å². The monoisotopic (exact) mass is 305 g/mol. The van der Waals surface area contributed by atoms with Gasteiger partial charge in [0.15, 0.2) is 0 Å². The lowest BCUT2D eigenvalue weighted by molar-refractivity contribution is -0.137. The predicted octanol–water partition coefficient (Wildman–Crippen LogP) is 3.38. The molecule has 1 heterocycles. The average Bonchev–Trinajstić information content (AvgIpc) is 2.94. The van der Waals surface area contributed by atoms with Gasteiger partial charge in [-0.15, -0.1) is 11.3 Å². The third-order valence-electron chi connectivity index (χ3n) is 3.37. The standard InChI is InChI=1S/C16H19NO3S/c1-10-6-12(7-11(2)16(10)20)9-17-13(8-15(18)19)14-4-3-5-21-14/h3-7,13,17,20H,8-9H2,1-2H3,(H,18,19). The Morgan fingerprint density at radius 3 is 2.52 bits per heavy atom. The van der Waals surface area contributed by atoms with Crippen LogP contribution < -0.4 is 5.32 Å². The largest absolute Gasteiger partial charge is 0.507 e. The van der Waals surface area contributed by atoms with E-state index >= 15 is 0 Å². The van der Waals surface area contributed by atoms with Crippen LogP contribution in [-0.4, -0.2) is 16.2 Å². The highest BCUT2D eigenvalue weighted by Gasteiger charge is 2.16. The van der Waals surface area contributed by atoms with Crippen molar-refractivity contribution in [3.8, 4) is 5.75 Å². The van der Waals surface area contributed by atoms with E-state index in [1.54, 1.807) is 11.3 Å². The van der Waals surface area contributed by atoms with Gasteiger partial charge in [-0.25, -0.2) is 0 Å². The summed E-state index contributed by atoms with van der Waals surface area (Å²) in [5.74, 6) is -0.502. The number of hydrogen-bond donors (Lipinski definition) is 3. The van der Waals surface area contributed by atoms with Gasteiger partial charge in [0.25, 0.3) is 0 Å². The molecule has 0 spiro atoms. The number of phenols is 1. The smallest absolute Gasteiger partial charge is 0.305 e. The number of aromatic hydroxyl groups is 1. The number of rotatable bonds is 6. The molecule has 1 atom stereocenters. The minimum absolute atomic E-state index is 0.0521. The van der Waals surface area contributed by atoms with Gasteiger partial charge < -0.3 is 15.5 Å². The summed E-state index contributed by atoms with van der Waals surface area (Å²) in [6.07, 6.45) is 0.0521. The van der Waals surface area contributed by atoms with E-state index in [9.17, 15) is 9.90 Å². The molecule has 112 valence electrons. The molecule has 1 aromatic carbocycles. The topological polar surface area (TPSA) is 69.6 Å². The number of carboxylic acids is 1. The second-order valence-corrected chi connectivity index (χ2v) is 6.10. The molecule has 1 aromatic heterocycles. The van der Waals surface area contributed by atoms with Crippen LogP contribution in [0.3, 0.4) is 0 Å². The lowest BCUT2D eigenvalue weighted by Gasteiger charge is -2.16. The summed E-state index contributed by atoms with van der Waals surface area (Å²) in [4.78, 5) is 12.0. The van der Waals surface area contributed by atoms with Crippen LogP contribution in [0.4, 0.5) is 0 Å². The van der Waals surface area contributed by atoms with Crippen molar-refractivity contribution in [1.82, 2.24) is 5.32 Å². The van der Waals surface area contributed by atoms with Gasteiger partial charge in [-0.05, 0) is 42.0 Å². The van der Waals surface area contributed by atoms with E-state index in [2.05, 4.69) is 5.32 Å². The number of carboxylic acid groups (broad SMARTS) is 1. The molecule has 5 heteroatoms. The molecule has 0 saturated carbocycles. The van der Waals surface area contributed by atoms with Gasteiger partial charge in [-0.1, -0.05) is 18.2 Å². The van der Waals surface area contributed by atoms with Crippen molar-refractivity contribution in [3.63, 3.8) is 0 Å². The third kappa shape index (κ3) is 4.06. The Hall–Kier alpha value is -1.85. The first-order chi connectivity index (χ1) is 9.97. The quantitative estimate of drug-likeness (QED) is 0.765. The first-order valence-electron chi connectivity index (χ1n) is 6.75. The molecular formula is C16H19NO3S. The molecule has 0 radical (unpaired) electrons. The van der Waals surface area contributed by atoms with Crippen LogP contribution in [0.2, 0.25) is 0 Å². The van der Waals surface area contributed by atoms with Crippen LogP contribution in [0, 0.1) is 13.8 Å². The Kier molecular flexibility index (Phi) is 4.98. The van der Waals surface area contributed by atoms with Gasteiger partial charge >= 0.3 is 5.97 Å². The molecule has 0 aliphatic carbocycles. The van der Waals surface area contributed by atoms with Crippen LogP contribution in [0.15, 0.2) is 29.6 Å². The Labute approximate surface area is 128 Å². The number of aliphatic carboxylic acids is 1. The molecule has 3 N–H and O–H groups in total. The summed E-state index contributed by atoms with van der Waals surface area (Å²) in [7, 11) is 0. The molecule has 0 bridgehead atoms. The van der Waals surface area contributed by atoms with Crippen molar-refractivity contribution in [1.29, 1.82) is 0 Å². The lowest BCUT2D eigenvalue weighted by Crippen LogP contribution is -2.22. The highest BCUT2D eigenvalue weighted by atomic mass is 32.1. The Morgan fingerprint density at radius 2 is 2.00 bits per heavy atom. The van der Waals surface area contributed by atoms with Gasteiger partial charge in [0.2, 0.25) is 0 Å². The molecule has 4 nitrogen and oxygen atoms in total. The molecule has 2 aromatic rings. The molecule has 0 aliphatic heterocycles. The second kappa shape index (κ2) is 6.74. The normalized spacial score (nSPS) is 12.3. The zero-order valence-corrected chi connectivity index (χ0v) is 12.9. The number of hydrogen-bond acceptors (Lipinski definition) is 4. The summed E-state index contributed by atoms with van der Waals surface area (Å²) < 4.78 is 0. The highest BCUT2D eigenvalue weighted by molar-refractivity contribution is 7.10. The highest BCUT2D eigenvalue weighted by Crippen LogP contribution is 2.25. The summed E-state index contributed by atoms with van der Waals surface area (Å²) in [5.41, 5.74) is 2.70. The molecule has 0 amide bonds. The summed E-state index contributed by atoms with van der Waals surface area (Å²) in [6.45, 7) is 4.29. The first-order valence-corrected chi connectivity index (χ1v) is 7.63. The van der Waals surface area contributed by atoms with Crippen LogP contribution in [0.25, 0.3) is 0 Å². The minimum Gasteiger partial charge on any atom is -0.507 e. The fourth-order valence-electron chi connectivity index (χ4n) is 2.33. The van der Waals surface area contributed by atoms with Crippen LogP contribution in [0.5, 0.6) is 5.75 Å². The Balaban J connectivity index is 2.10. The maximum Gasteiger partial charge on any atom is 0.305 e. The lowest BCUT2D eigenvalue weighted by atomic mass is 10.0. The molecule has 0 saturated heterocycles. The first kappa shape index (κ1) is 15.5. The van der Waals surface area contributed by atoms with E-state index in [1.807, 2.05) is 43.5 Å². The van der Waals surface area contributed by atoms with E-state index in [0.717, 1.165) is 21.6 Å². The molecule has 2 rings (SSSR count). The van der Waals surface area contributed by atoms with Crippen LogP contribution in [-0.2, 0) is 11.3 Å². The minimum atomic E-state index is -0.820. The average molecular weight is 305 g/mol. The van der Waals surface area contributed by atoms with Crippen molar-refractivity contribution in [2.24, 2.45) is 0 Å². The zero-order valence-electron chi connectivity index (χ0n) is 12.1. The zero-order chi connectivity index (χ0) is 15.4. The van der Waals surface area contributed by atoms with Gasteiger partial charge in [0.1, 0.15) is 5.75 Å². The SMILES string of the molecule is Cc1cc(CNC(CC(=O)O)c2cccs2)cc(C)c1O. The van der Waals surface area contributed by atoms with Gasteiger partial charge in [-0.2, -0.15) is 0 Å². The summed E-state index contributed by atoms with van der Waals surface area (Å²) in [6, 6.07) is 7.50. The number of phenolic OH excluding ortho intramolecular Hbond substituents is 1. The van der Waals surface area contributed by atoms with Gasteiger partial charge in [0, 0.05) is 11.4 Å². The van der Waals surface area contributed by atoms with Crippen LogP contribution in [0.1, 0.15) is 34.0 Å². The Morgan fingerprint density at radius 1 is 1.33 bits per heavy atom. The van der Waals surface area contributed by atoms with E-state index in [-0.39, 0.29) is 12.5 Å². The molecule has 0 aliphatic rings. The van der Waals surface area contributed by atoms with Crippen LogP contribution >= 0.6 is 11.3 Å². The number of aryl methyl sites for hydroxylation is 2. The fraction of sp³-hybridized carbons (Fsp3) is 0.312. The Bertz CT molecular complexity index is 599. The number of benzene rings is 1. The fourth-order valence-corrected chi connectivity index (χ4v) is 3.13. The second-order valence-electron chi connectivity index (χ2n) is 5.12. The van der Waals surface area contributed by atoms with Crippen molar-refractivity contribution in [3.05, 3.63) is 51.2 Å². The van der Waals surface area contributed by atoms with Crippen molar-refractivity contribution < 1.29 is 15.0 Å². The van der Waals surface area contributed by atoms with Crippen molar-refractivity contribution in [2.75, 3.05) is 0 Å². The maximum atomic E-state index is 11.0.